The maximum Gasteiger partial charge on any atom is 0.250 e. The Morgan fingerprint density at radius 3 is 2.80 bits per heavy atom. The van der Waals surface area contributed by atoms with Crippen molar-refractivity contribution < 1.29 is 8.42 Å². The first-order valence-corrected chi connectivity index (χ1v) is 10.5. The van der Waals surface area contributed by atoms with E-state index in [1.807, 2.05) is 11.8 Å². The third-order valence-corrected chi connectivity index (χ3v) is 7.22. The van der Waals surface area contributed by atoms with Crippen LogP contribution in [-0.4, -0.2) is 50.5 Å². The molecule has 0 radical (unpaired) electrons. The number of thiophene rings is 1. The largest absolute Gasteiger partial charge is 0.302 e. The van der Waals surface area contributed by atoms with Gasteiger partial charge in [-0.1, -0.05) is 13.0 Å². The van der Waals surface area contributed by atoms with Crippen molar-refractivity contribution in [3.8, 4) is 0 Å². The number of rotatable bonds is 7. The van der Waals surface area contributed by atoms with Crippen molar-refractivity contribution in [3.63, 3.8) is 0 Å². The van der Waals surface area contributed by atoms with E-state index in [9.17, 15) is 8.42 Å². The molecule has 4 nitrogen and oxygen atoms in total. The van der Waals surface area contributed by atoms with E-state index in [2.05, 4.69) is 16.5 Å². The first kappa shape index (κ1) is 16.3. The highest BCUT2D eigenvalue weighted by Gasteiger charge is 2.24. The number of nitrogens with zero attached hydrogens (tertiary/aromatic N) is 1. The van der Waals surface area contributed by atoms with Crippen molar-refractivity contribution in [3.05, 3.63) is 17.5 Å². The van der Waals surface area contributed by atoms with Crippen LogP contribution in [0.5, 0.6) is 0 Å². The molecule has 114 valence electrons. The third kappa shape index (κ3) is 4.73. The van der Waals surface area contributed by atoms with E-state index in [0.717, 1.165) is 38.2 Å². The Hall–Kier alpha value is -0.0800. The molecule has 2 rings (SSSR count). The lowest BCUT2D eigenvalue weighted by atomic mass is 10.1. The molecule has 0 unspecified atom stereocenters. The van der Waals surface area contributed by atoms with Crippen LogP contribution in [0.25, 0.3) is 0 Å². The number of nitrogens with one attached hydrogen (secondary N) is 1. The van der Waals surface area contributed by atoms with E-state index < -0.39 is 10.0 Å². The van der Waals surface area contributed by atoms with Gasteiger partial charge in [0.15, 0.2) is 0 Å². The molecule has 1 fully saturated rings. The van der Waals surface area contributed by atoms with Crippen molar-refractivity contribution in [1.29, 1.82) is 0 Å². The van der Waals surface area contributed by atoms with Crippen LogP contribution in [0, 0.1) is 0 Å². The van der Waals surface area contributed by atoms with E-state index in [-0.39, 0.29) is 6.04 Å². The quantitative estimate of drug-likeness (QED) is 0.777. The van der Waals surface area contributed by atoms with Crippen molar-refractivity contribution >= 4 is 33.1 Å². The van der Waals surface area contributed by atoms with Gasteiger partial charge in [0.25, 0.3) is 0 Å². The fourth-order valence-electron chi connectivity index (χ4n) is 2.31. The molecule has 0 saturated carbocycles. The molecule has 0 atom stereocenters. The lowest BCUT2D eigenvalue weighted by molar-refractivity contribution is 0.218. The summed E-state index contributed by atoms with van der Waals surface area (Å²) in [6, 6.07) is 3.51. The fourth-order valence-corrected chi connectivity index (χ4v) is 5.30. The van der Waals surface area contributed by atoms with Crippen LogP contribution in [0.2, 0.25) is 0 Å². The summed E-state index contributed by atoms with van der Waals surface area (Å²) in [6.45, 7) is 5.27. The highest BCUT2D eigenvalue weighted by atomic mass is 32.2. The summed E-state index contributed by atoms with van der Waals surface area (Å²) < 4.78 is 27.5. The zero-order chi connectivity index (χ0) is 14.4. The average Bonchev–Trinajstić information content (AvgIpc) is 2.95. The normalized spacial score (nSPS) is 18.4. The van der Waals surface area contributed by atoms with E-state index >= 15 is 0 Å². The minimum Gasteiger partial charge on any atom is -0.302 e. The summed E-state index contributed by atoms with van der Waals surface area (Å²) in [4.78, 5) is 2.43. The molecule has 1 aliphatic rings. The van der Waals surface area contributed by atoms with Crippen molar-refractivity contribution in [2.24, 2.45) is 0 Å². The van der Waals surface area contributed by atoms with Crippen molar-refractivity contribution in [2.45, 2.75) is 30.0 Å². The van der Waals surface area contributed by atoms with Crippen LogP contribution in [0.15, 0.2) is 21.7 Å². The second-order valence-electron chi connectivity index (χ2n) is 4.87. The van der Waals surface area contributed by atoms with Gasteiger partial charge in [-0.25, -0.2) is 13.1 Å². The highest BCUT2D eigenvalue weighted by molar-refractivity contribution is 7.99. The molecule has 1 saturated heterocycles. The smallest absolute Gasteiger partial charge is 0.250 e. The first-order chi connectivity index (χ1) is 9.62. The van der Waals surface area contributed by atoms with Gasteiger partial charge in [0.2, 0.25) is 10.0 Å². The van der Waals surface area contributed by atoms with Crippen LogP contribution in [0.1, 0.15) is 19.8 Å². The molecule has 1 aliphatic heterocycles. The topological polar surface area (TPSA) is 49.4 Å². The van der Waals surface area contributed by atoms with Gasteiger partial charge in [0.1, 0.15) is 4.21 Å². The van der Waals surface area contributed by atoms with Crippen molar-refractivity contribution in [1.82, 2.24) is 9.62 Å². The Kier molecular flexibility index (Phi) is 6.35. The summed E-state index contributed by atoms with van der Waals surface area (Å²) in [6.07, 6.45) is 1.81. The molecule has 0 aliphatic carbocycles. The molecular weight excluding hydrogens is 312 g/mol. The third-order valence-electron chi connectivity index (χ3n) is 3.43. The number of thioether (sulfide) groups is 1. The Labute approximate surface area is 130 Å². The second kappa shape index (κ2) is 7.79. The van der Waals surface area contributed by atoms with Crippen LogP contribution < -0.4 is 4.72 Å². The molecule has 0 aromatic carbocycles. The number of likely N-dealkylation sites (tertiary alicyclic amines) is 1. The standard InChI is InChI=1S/C13H22N2O2S3/c1-2-18-11-9-15-7-5-12(6-8-15)14-20(16,17)13-4-3-10-19-13/h3-4,10,12,14H,2,5-9,11H2,1H3. The number of piperidine rings is 1. The van der Waals surface area contributed by atoms with Gasteiger partial charge in [-0.05, 0) is 43.1 Å². The predicted octanol–water partition coefficient (Wildman–Crippen LogP) is 2.24. The zero-order valence-electron chi connectivity index (χ0n) is 11.7. The van der Waals surface area contributed by atoms with E-state index in [4.69, 9.17) is 0 Å². The minimum absolute atomic E-state index is 0.0807. The maximum atomic E-state index is 12.1. The van der Waals surface area contributed by atoms with Crippen LogP contribution in [0.4, 0.5) is 0 Å². The zero-order valence-corrected chi connectivity index (χ0v) is 14.2. The monoisotopic (exact) mass is 334 g/mol. The summed E-state index contributed by atoms with van der Waals surface area (Å²) in [5.74, 6) is 2.33. The Morgan fingerprint density at radius 1 is 1.45 bits per heavy atom. The Balaban J connectivity index is 1.77. The summed E-state index contributed by atoms with van der Waals surface area (Å²) in [5, 5.41) is 1.79. The van der Waals surface area contributed by atoms with Crippen LogP contribution in [-0.2, 0) is 10.0 Å². The molecule has 1 N–H and O–H groups in total. The molecule has 0 amide bonds. The van der Waals surface area contributed by atoms with E-state index in [1.165, 1.54) is 17.1 Å². The van der Waals surface area contributed by atoms with Gasteiger partial charge in [-0.2, -0.15) is 11.8 Å². The molecule has 1 aromatic rings. The van der Waals surface area contributed by atoms with Gasteiger partial charge in [0, 0.05) is 18.3 Å². The first-order valence-electron chi connectivity index (χ1n) is 6.98. The van der Waals surface area contributed by atoms with Gasteiger partial charge >= 0.3 is 0 Å². The summed E-state index contributed by atoms with van der Waals surface area (Å²) in [7, 11) is -3.31. The molecule has 2 heterocycles. The molecule has 0 spiro atoms. The molecule has 20 heavy (non-hydrogen) atoms. The highest BCUT2D eigenvalue weighted by Crippen LogP contribution is 2.18. The van der Waals surface area contributed by atoms with Gasteiger partial charge in [-0.15, -0.1) is 11.3 Å². The van der Waals surface area contributed by atoms with Crippen molar-refractivity contribution in [2.75, 3.05) is 31.1 Å². The molecule has 1 aromatic heterocycles. The number of hydrogen-bond donors (Lipinski definition) is 1. The molecule has 7 heteroatoms. The minimum atomic E-state index is -3.31. The molecular formula is C13H22N2O2S3. The maximum absolute atomic E-state index is 12.1. The SMILES string of the molecule is CCSCCN1CCC(NS(=O)(=O)c2cccs2)CC1. The predicted molar refractivity (Wildman–Crippen MR) is 87.1 cm³/mol. The molecule has 0 bridgehead atoms. The Bertz CT molecular complexity index is 480. The van der Waals surface area contributed by atoms with Crippen LogP contribution >= 0.6 is 23.1 Å². The van der Waals surface area contributed by atoms with Gasteiger partial charge in [0.05, 0.1) is 0 Å². The van der Waals surface area contributed by atoms with Gasteiger partial charge < -0.3 is 4.90 Å². The fraction of sp³-hybridized carbons (Fsp3) is 0.692. The number of hydrogen-bond acceptors (Lipinski definition) is 5. The number of sulfonamides is 1. The Morgan fingerprint density at radius 2 is 2.20 bits per heavy atom. The lowest BCUT2D eigenvalue weighted by Crippen LogP contribution is -2.44. The van der Waals surface area contributed by atoms with Gasteiger partial charge in [-0.3, -0.25) is 0 Å². The summed E-state index contributed by atoms with van der Waals surface area (Å²) in [5.41, 5.74) is 0. The van der Waals surface area contributed by atoms with E-state index in [1.54, 1.807) is 17.5 Å². The lowest BCUT2D eigenvalue weighted by Gasteiger charge is -2.31. The van der Waals surface area contributed by atoms with Crippen LogP contribution in [0.3, 0.4) is 0 Å². The average molecular weight is 335 g/mol. The van der Waals surface area contributed by atoms with E-state index in [0.29, 0.717) is 4.21 Å². The summed E-state index contributed by atoms with van der Waals surface area (Å²) >= 11 is 3.23. The second-order valence-corrected chi connectivity index (χ2v) is 9.15.